The smallest absolute Gasteiger partial charge is 0.235 e. The number of amides is 1. The molecule has 0 radical (unpaired) electrons. The molecule has 1 heterocycles. The van der Waals surface area contributed by atoms with Crippen molar-refractivity contribution in [2.24, 2.45) is 0 Å². The van der Waals surface area contributed by atoms with Crippen molar-refractivity contribution in [3.05, 3.63) is 34.9 Å². The van der Waals surface area contributed by atoms with Crippen LogP contribution in [-0.4, -0.2) is 28.6 Å². The molecule has 1 aromatic carbocycles. The molecule has 2 rings (SSSR count). The molecule has 21 heavy (non-hydrogen) atoms. The van der Waals surface area contributed by atoms with E-state index in [4.69, 9.17) is 11.6 Å². The second-order valence-electron chi connectivity index (χ2n) is 5.67. The Morgan fingerprint density at radius 2 is 2.10 bits per heavy atom. The standard InChI is InChI=1S/C17H24ClNOS/c1-3-16-6-4-5-11-19(16)17(20)13(2)21-12-14-7-9-15(18)10-8-14/h7-10,13,16H,3-6,11-12H2,1-2H3. The Balaban J connectivity index is 1.88. The van der Waals surface area contributed by atoms with Crippen LogP contribution in [0.15, 0.2) is 24.3 Å². The van der Waals surface area contributed by atoms with Crippen molar-refractivity contribution in [1.82, 2.24) is 4.90 Å². The molecule has 0 spiro atoms. The van der Waals surface area contributed by atoms with Crippen molar-refractivity contribution in [2.45, 2.75) is 56.6 Å². The van der Waals surface area contributed by atoms with Gasteiger partial charge in [0, 0.05) is 23.4 Å². The number of hydrogen-bond donors (Lipinski definition) is 0. The fourth-order valence-corrected chi connectivity index (χ4v) is 3.86. The number of rotatable bonds is 5. The fraction of sp³-hybridized carbons (Fsp3) is 0.588. The predicted molar refractivity (Wildman–Crippen MR) is 91.9 cm³/mol. The highest BCUT2D eigenvalue weighted by Crippen LogP contribution is 2.25. The van der Waals surface area contributed by atoms with Crippen LogP contribution in [0, 0.1) is 0 Å². The lowest BCUT2D eigenvalue weighted by atomic mass is 10.00. The molecule has 1 aliphatic heterocycles. The van der Waals surface area contributed by atoms with Crippen molar-refractivity contribution in [1.29, 1.82) is 0 Å². The summed E-state index contributed by atoms with van der Waals surface area (Å²) in [5.74, 6) is 1.16. The van der Waals surface area contributed by atoms with Crippen molar-refractivity contribution in [3.8, 4) is 0 Å². The Kier molecular flexibility index (Phi) is 6.43. The maximum Gasteiger partial charge on any atom is 0.235 e. The molecule has 0 bridgehead atoms. The molecule has 1 aromatic rings. The number of halogens is 1. The highest BCUT2D eigenvalue weighted by atomic mass is 35.5. The van der Waals surface area contributed by atoms with Crippen LogP contribution in [0.3, 0.4) is 0 Å². The van der Waals surface area contributed by atoms with Gasteiger partial charge >= 0.3 is 0 Å². The van der Waals surface area contributed by atoms with Crippen LogP contribution in [0.1, 0.15) is 45.1 Å². The first-order valence-corrected chi connectivity index (χ1v) is 9.21. The van der Waals surface area contributed by atoms with E-state index in [0.29, 0.717) is 11.9 Å². The van der Waals surface area contributed by atoms with Gasteiger partial charge in [0.2, 0.25) is 5.91 Å². The largest absolute Gasteiger partial charge is 0.339 e. The normalized spacial score (nSPS) is 20.3. The molecule has 4 heteroatoms. The van der Waals surface area contributed by atoms with Gasteiger partial charge in [-0.05, 0) is 50.3 Å². The molecule has 0 aromatic heterocycles. The number of piperidine rings is 1. The van der Waals surface area contributed by atoms with Crippen molar-refractivity contribution in [3.63, 3.8) is 0 Å². The summed E-state index contributed by atoms with van der Waals surface area (Å²) in [7, 11) is 0. The van der Waals surface area contributed by atoms with Gasteiger partial charge < -0.3 is 4.90 Å². The highest BCUT2D eigenvalue weighted by molar-refractivity contribution is 7.99. The maximum atomic E-state index is 12.6. The first-order valence-electron chi connectivity index (χ1n) is 7.78. The maximum absolute atomic E-state index is 12.6. The monoisotopic (exact) mass is 325 g/mol. The lowest BCUT2D eigenvalue weighted by Crippen LogP contribution is -2.46. The summed E-state index contributed by atoms with van der Waals surface area (Å²) in [6, 6.07) is 8.32. The molecular weight excluding hydrogens is 302 g/mol. The summed E-state index contributed by atoms with van der Waals surface area (Å²) in [5, 5.41) is 0.778. The molecule has 2 unspecified atom stereocenters. The Morgan fingerprint density at radius 3 is 2.76 bits per heavy atom. The molecule has 1 saturated heterocycles. The summed E-state index contributed by atoms with van der Waals surface area (Å²) in [5.41, 5.74) is 1.22. The third-order valence-corrected chi connectivity index (χ3v) is 5.60. The molecule has 0 N–H and O–H groups in total. The summed E-state index contributed by atoms with van der Waals surface area (Å²) < 4.78 is 0. The topological polar surface area (TPSA) is 20.3 Å². The molecule has 116 valence electrons. The average Bonchev–Trinajstić information content (AvgIpc) is 2.53. The number of thioether (sulfide) groups is 1. The molecular formula is C17H24ClNOS. The minimum absolute atomic E-state index is 0.0211. The Morgan fingerprint density at radius 1 is 1.38 bits per heavy atom. The highest BCUT2D eigenvalue weighted by Gasteiger charge is 2.28. The number of benzene rings is 1. The number of likely N-dealkylation sites (tertiary alicyclic amines) is 1. The number of carbonyl (C=O) groups excluding carboxylic acids is 1. The Hall–Kier alpha value is -0.670. The van der Waals surface area contributed by atoms with Gasteiger partial charge in [-0.15, -0.1) is 11.8 Å². The van der Waals surface area contributed by atoms with E-state index in [1.54, 1.807) is 11.8 Å². The van der Waals surface area contributed by atoms with Crippen LogP contribution < -0.4 is 0 Å². The third-order valence-electron chi connectivity index (χ3n) is 4.14. The third kappa shape index (κ3) is 4.65. The van der Waals surface area contributed by atoms with Crippen LogP contribution >= 0.6 is 23.4 Å². The van der Waals surface area contributed by atoms with Gasteiger partial charge in [0.15, 0.2) is 0 Å². The zero-order valence-electron chi connectivity index (χ0n) is 12.8. The second kappa shape index (κ2) is 8.09. The molecule has 0 saturated carbocycles. The molecule has 2 atom stereocenters. The van der Waals surface area contributed by atoms with Gasteiger partial charge in [-0.2, -0.15) is 0 Å². The van der Waals surface area contributed by atoms with Gasteiger partial charge in [-0.1, -0.05) is 30.7 Å². The summed E-state index contributed by atoms with van der Waals surface area (Å²) in [6.45, 7) is 5.15. The van der Waals surface area contributed by atoms with Crippen LogP contribution in [0.2, 0.25) is 5.02 Å². The number of nitrogens with zero attached hydrogens (tertiary/aromatic N) is 1. The predicted octanol–water partition coefficient (Wildman–Crippen LogP) is 4.75. The minimum Gasteiger partial charge on any atom is -0.339 e. The summed E-state index contributed by atoms with van der Waals surface area (Å²) in [4.78, 5) is 14.7. The van der Waals surface area contributed by atoms with Crippen molar-refractivity contribution < 1.29 is 4.79 Å². The zero-order valence-corrected chi connectivity index (χ0v) is 14.4. The van der Waals surface area contributed by atoms with Gasteiger partial charge in [0.1, 0.15) is 0 Å². The molecule has 0 aliphatic carbocycles. The van der Waals surface area contributed by atoms with E-state index in [2.05, 4.69) is 11.8 Å². The van der Waals surface area contributed by atoms with Crippen LogP contribution in [0.5, 0.6) is 0 Å². The van der Waals surface area contributed by atoms with E-state index in [-0.39, 0.29) is 5.25 Å². The summed E-state index contributed by atoms with van der Waals surface area (Å²) in [6.07, 6.45) is 4.64. The van der Waals surface area contributed by atoms with Gasteiger partial charge in [0.05, 0.1) is 5.25 Å². The van der Waals surface area contributed by atoms with E-state index < -0.39 is 0 Å². The lowest BCUT2D eigenvalue weighted by Gasteiger charge is -2.36. The lowest BCUT2D eigenvalue weighted by molar-refractivity contribution is -0.134. The van der Waals surface area contributed by atoms with E-state index >= 15 is 0 Å². The Bertz CT molecular complexity index is 462. The van der Waals surface area contributed by atoms with Gasteiger partial charge in [-0.3, -0.25) is 4.79 Å². The molecule has 1 aliphatic rings. The van der Waals surface area contributed by atoms with Crippen molar-refractivity contribution >= 4 is 29.3 Å². The quantitative estimate of drug-likeness (QED) is 0.778. The zero-order chi connectivity index (χ0) is 15.2. The second-order valence-corrected chi connectivity index (χ2v) is 7.43. The van der Waals surface area contributed by atoms with E-state index in [9.17, 15) is 4.79 Å². The minimum atomic E-state index is 0.0211. The summed E-state index contributed by atoms with van der Waals surface area (Å²) >= 11 is 7.61. The molecule has 2 nitrogen and oxygen atoms in total. The van der Waals surface area contributed by atoms with Crippen LogP contribution in [-0.2, 0) is 10.5 Å². The average molecular weight is 326 g/mol. The molecule has 1 amide bonds. The number of carbonyl (C=O) groups is 1. The SMILES string of the molecule is CCC1CCCCN1C(=O)C(C)SCc1ccc(Cl)cc1. The fourth-order valence-electron chi connectivity index (χ4n) is 2.82. The van der Waals surface area contributed by atoms with E-state index in [0.717, 1.165) is 36.6 Å². The van der Waals surface area contributed by atoms with Crippen LogP contribution in [0.25, 0.3) is 0 Å². The van der Waals surface area contributed by atoms with Crippen LogP contribution in [0.4, 0.5) is 0 Å². The van der Waals surface area contributed by atoms with Crippen molar-refractivity contribution in [2.75, 3.05) is 6.54 Å². The van der Waals surface area contributed by atoms with Gasteiger partial charge in [-0.25, -0.2) is 0 Å². The first-order chi connectivity index (χ1) is 10.1. The number of hydrogen-bond acceptors (Lipinski definition) is 2. The first kappa shape index (κ1) is 16.7. The van der Waals surface area contributed by atoms with E-state index in [1.807, 2.05) is 31.2 Å². The van der Waals surface area contributed by atoms with Gasteiger partial charge in [0.25, 0.3) is 0 Å². The molecule has 1 fully saturated rings. The van der Waals surface area contributed by atoms with E-state index in [1.165, 1.54) is 12.0 Å². The Labute approximate surface area is 137 Å².